The molecule has 0 radical (unpaired) electrons. The molecule has 3 fully saturated rings. The van der Waals surface area contributed by atoms with Gasteiger partial charge in [-0.2, -0.15) is 0 Å². The maximum Gasteiger partial charge on any atom is 0.407 e. The maximum absolute atomic E-state index is 13.8. The van der Waals surface area contributed by atoms with Gasteiger partial charge in [-0.25, -0.2) is 14.8 Å². The van der Waals surface area contributed by atoms with Crippen molar-refractivity contribution in [1.29, 1.82) is 0 Å². The van der Waals surface area contributed by atoms with Crippen molar-refractivity contribution in [2.75, 3.05) is 27.4 Å². The number of hydrogen-bond acceptors (Lipinski definition) is 9. The third kappa shape index (κ3) is 9.18. The lowest BCUT2D eigenvalue weighted by Gasteiger charge is -2.34. The lowest BCUT2D eigenvalue weighted by Crippen LogP contribution is -2.52. The van der Waals surface area contributed by atoms with Gasteiger partial charge < -0.3 is 40.1 Å². The van der Waals surface area contributed by atoms with E-state index in [4.69, 9.17) is 19.4 Å². The molecule has 2 aromatic heterocycles. The van der Waals surface area contributed by atoms with Gasteiger partial charge >= 0.3 is 6.09 Å². The van der Waals surface area contributed by atoms with E-state index in [-0.39, 0.29) is 47.7 Å². The highest BCUT2D eigenvalue weighted by Gasteiger charge is 2.43. The zero-order valence-electron chi connectivity index (χ0n) is 36.1. The number of aliphatic hydroxyl groups excluding tert-OH is 1. The minimum atomic E-state index is -0.973. The second-order valence-electron chi connectivity index (χ2n) is 17.4. The Bertz CT molecular complexity index is 2310. The van der Waals surface area contributed by atoms with Crippen molar-refractivity contribution in [3.8, 4) is 33.6 Å². The van der Waals surface area contributed by atoms with Gasteiger partial charge in [0.25, 0.3) is 0 Å². The Labute approximate surface area is 362 Å². The summed E-state index contributed by atoms with van der Waals surface area (Å²) in [4.78, 5) is 59.4. The van der Waals surface area contributed by atoms with Crippen LogP contribution in [0.3, 0.4) is 0 Å². The predicted molar refractivity (Wildman–Crippen MR) is 235 cm³/mol. The molecule has 2 saturated heterocycles. The molecule has 0 bridgehead atoms. The maximum atomic E-state index is 13.8. The molecular formula is C48H58N8O6. The molecular weight excluding hydrogens is 785 g/mol. The molecule has 3 aliphatic rings. The number of aromatic amines is 2. The monoisotopic (exact) mass is 842 g/mol. The third-order valence-corrected chi connectivity index (χ3v) is 12.7. The molecule has 0 spiro atoms. The molecule has 1 aliphatic carbocycles. The van der Waals surface area contributed by atoms with Gasteiger partial charge in [0.15, 0.2) is 0 Å². The van der Waals surface area contributed by atoms with Crippen LogP contribution in [0.25, 0.3) is 33.6 Å². The van der Waals surface area contributed by atoms with Crippen molar-refractivity contribution in [2.45, 2.75) is 89.3 Å². The second kappa shape index (κ2) is 18.6. The predicted octanol–water partition coefficient (Wildman–Crippen LogP) is 7.16. The number of aliphatic hydroxyl groups is 1. The van der Waals surface area contributed by atoms with E-state index in [0.29, 0.717) is 13.2 Å². The molecule has 7 atom stereocenters. The topological polar surface area (TPSA) is 178 Å². The van der Waals surface area contributed by atoms with Crippen molar-refractivity contribution in [2.24, 2.45) is 17.8 Å². The second-order valence-corrected chi connectivity index (χ2v) is 17.4. The standard InChI is InChI=1S/C48H58N8O6/c1-28(2)41(54-48(60)62-5)47(59)56-29(3)11-22-39(56)43-49-24-37(51-43)33-16-12-31(13-17-33)32-14-18-34(19-15-32)38-25-50-44(52-38)40-23-30(27-61-4)26-55(40)46(58)42(35-9-7-6-8-10-35)53-45(57)36-20-21-36/h6-10,12-19,24-25,28-30,36,39-42,46,58H,11,20-23,26-27H2,1-5H3,(H,49,51)(H,50,52)(H,53,57)(H,54,60)/t29-,30-,39-,40-,41-,42+,46?/m0/s1. The number of ether oxygens (including phenoxy) is 2. The Morgan fingerprint density at radius 1 is 0.790 bits per heavy atom. The highest BCUT2D eigenvalue weighted by molar-refractivity contribution is 5.87. The zero-order chi connectivity index (χ0) is 43.5. The van der Waals surface area contributed by atoms with Crippen LogP contribution in [-0.2, 0) is 19.1 Å². The number of nitrogens with zero attached hydrogens (tertiary/aromatic N) is 4. The minimum Gasteiger partial charge on any atom is -0.453 e. The van der Waals surface area contributed by atoms with Crippen LogP contribution in [0.4, 0.5) is 4.79 Å². The number of imidazole rings is 2. The molecule has 4 heterocycles. The van der Waals surface area contributed by atoms with Crippen molar-refractivity contribution in [3.05, 3.63) is 108 Å². The van der Waals surface area contributed by atoms with Crippen LogP contribution in [0.15, 0.2) is 91.3 Å². The molecule has 5 aromatic rings. The first-order valence-corrected chi connectivity index (χ1v) is 21.8. The Balaban J connectivity index is 0.948. The number of hydrogen-bond donors (Lipinski definition) is 5. The number of rotatable bonds is 15. The molecule has 14 heteroatoms. The summed E-state index contributed by atoms with van der Waals surface area (Å²) in [5.74, 6) is 1.41. The molecule has 1 saturated carbocycles. The number of amides is 3. The zero-order valence-corrected chi connectivity index (χ0v) is 36.1. The smallest absolute Gasteiger partial charge is 0.407 e. The quantitative estimate of drug-likeness (QED) is 0.0732. The van der Waals surface area contributed by atoms with E-state index in [1.54, 1.807) is 7.11 Å². The van der Waals surface area contributed by atoms with E-state index in [1.807, 2.05) is 73.3 Å². The summed E-state index contributed by atoms with van der Waals surface area (Å²) in [6, 6.07) is 24.6. The lowest BCUT2D eigenvalue weighted by molar-refractivity contribution is -0.137. The molecule has 326 valence electrons. The number of alkyl carbamates (subject to hydrolysis) is 1. The van der Waals surface area contributed by atoms with Gasteiger partial charge in [0.05, 0.1) is 55.6 Å². The lowest BCUT2D eigenvalue weighted by atomic mass is 10.0. The summed E-state index contributed by atoms with van der Waals surface area (Å²) < 4.78 is 10.4. The van der Waals surface area contributed by atoms with Gasteiger partial charge in [0, 0.05) is 25.6 Å². The minimum absolute atomic E-state index is 0.000599. The Hall–Kier alpha value is -5.83. The summed E-state index contributed by atoms with van der Waals surface area (Å²) >= 11 is 0. The van der Waals surface area contributed by atoms with Crippen LogP contribution >= 0.6 is 0 Å². The van der Waals surface area contributed by atoms with Crippen molar-refractivity contribution >= 4 is 17.9 Å². The van der Waals surface area contributed by atoms with E-state index in [9.17, 15) is 19.5 Å². The van der Waals surface area contributed by atoms with Crippen molar-refractivity contribution in [1.82, 2.24) is 40.4 Å². The first-order chi connectivity index (χ1) is 30.0. The fourth-order valence-electron chi connectivity index (χ4n) is 9.14. The number of carbonyl (C=O) groups is 3. The van der Waals surface area contributed by atoms with Crippen molar-refractivity contribution in [3.63, 3.8) is 0 Å². The molecule has 5 N–H and O–H groups in total. The average molecular weight is 843 g/mol. The van der Waals surface area contributed by atoms with E-state index < -0.39 is 24.4 Å². The largest absolute Gasteiger partial charge is 0.453 e. The Morgan fingerprint density at radius 3 is 1.92 bits per heavy atom. The van der Waals surface area contributed by atoms with Gasteiger partial charge in [-0.1, -0.05) is 92.7 Å². The number of aromatic nitrogens is 4. The van der Waals surface area contributed by atoms with Crippen LogP contribution in [-0.4, -0.2) is 98.4 Å². The number of benzene rings is 3. The van der Waals surface area contributed by atoms with Gasteiger partial charge in [-0.3, -0.25) is 14.5 Å². The van der Waals surface area contributed by atoms with Crippen LogP contribution < -0.4 is 10.6 Å². The fourth-order valence-corrected chi connectivity index (χ4v) is 9.14. The normalized spacial score (nSPS) is 21.8. The number of likely N-dealkylation sites (tertiary alicyclic amines) is 2. The highest BCUT2D eigenvalue weighted by Crippen LogP contribution is 2.40. The Kier molecular flexibility index (Phi) is 12.9. The first kappa shape index (κ1) is 42.8. The van der Waals surface area contributed by atoms with E-state index >= 15 is 0 Å². The summed E-state index contributed by atoms with van der Waals surface area (Å²) in [5.41, 5.74) is 6.68. The molecule has 2 aliphatic heterocycles. The summed E-state index contributed by atoms with van der Waals surface area (Å²) in [6.45, 7) is 7.01. The van der Waals surface area contributed by atoms with E-state index in [1.165, 1.54) is 7.11 Å². The number of carbonyl (C=O) groups excluding carboxylic acids is 3. The van der Waals surface area contributed by atoms with Crippen LogP contribution in [0.2, 0.25) is 0 Å². The molecule has 1 unspecified atom stereocenters. The number of methoxy groups -OCH3 is 2. The van der Waals surface area contributed by atoms with E-state index in [0.717, 1.165) is 83.0 Å². The summed E-state index contributed by atoms with van der Waals surface area (Å²) in [7, 11) is 2.99. The van der Waals surface area contributed by atoms with Crippen LogP contribution in [0.5, 0.6) is 0 Å². The van der Waals surface area contributed by atoms with Crippen LogP contribution in [0, 0.1) is 17.8 Å². The SMILES string of the molecule is COC[C@H]1C[C@@H](c2ncc(-c3ccc(-c4ccc(-c5cnc([C@@H]6CC[C@H](C)N6C(=O)[C@@H](NC(=O)OC)C(C)C)[nH]5)cc4)cc3)[nH]2)N(C(O)[C@H](NC(=O)C2CC2)c2ccccc2)C1. The van der Waals surface area contributed by atoms with Crippen LogP contribution in [0.1, 0.15) is 88.2 Å². The van der Waals surface area contributed by atoms with Crippen molar-refractivity contribution < 1.29 is 29.0 Å². The fraction of sp³-hybridized carbons (Fsp3) is 0.438. The summed E-state index contributed by atoms with van der Waals surface area (Å²) in [6.07, 6.45) is 6.18. The molecule has 62 heavy (non-hydrogen) atoms. The van der Waals surface area contributed by atoms with Gasteiger partial charge in [0.1, 0.15) is 23.9 Å². The average Bonchev–Trinajstić information content (AvgIpc) is 3.60. The van der Waals surface area contributed by atoms with Gasteiger partial charge in [-0.05, 0) is 78.7 Å². The van der Waals surface area contributed by atoms with Gasteiger partial charge in [0.2, 0.25) is 11.8 Å². The Morgan fingerprint density at radius 2 is 1.37 bits per heavy atom. The molecule has 3 aromatic carbocycles. The number of H-pyrrole nitrogens is 2. The van der Waals surface area contributed by atoms with Gasteiger partial charge in [-0.15, -0.1) is 0 Å². The van der Waals surface area contributed by atoms with E-state index in [2.05, 4.69) is 69.1 Å². The molecule has 8 rings (SSSR count). The third-order valence-electron chi connectivity index (χ3n) is 12.7. The first-order valence-electron chi connectivity index (χ1n) is 21.8. The summed E-state index contributed by atoms with van der Waals surface area (Å²) in [5, 5.41) is 17.9. The molecule has 14 nitrogen and oxygen atoms in total. The molecule has 3 amide bonds. The highest BCUT2D eigenvalue weighted by atomic mass is 16.5. The number of nitrogens with one attached hydrogen (secondary N) is 4.